The largest absolute Gasteiger partial charge is 0.349 e. The van der Waals surface area contributed by atoms with Crippen molar-refractivity contribution in [3.05, 3.63) is 47.5 Å². The first-order valence-electron chi connectivity index (χ1n) is 8.47. The third-order valence-electron chi connectivity index (χ3n) is 4.80. The van der Waals surface area contributed by atoms with Crippen LogP contribution in [0.3, 0.4) is 0 Å². The minimum atomic E-state index is -0.295. The van der Waals surface area contributed by atoms with Gasteiger partial charge in [-0.15, -0.1) is 12.4 Å². The van der Waals surface area contributed by atoms with Gasteiger partial charge in [-0.25, -0.2) is 9.07 Å². The monoisotopic (exact) mass is 366 g/mol. The maximum Gasteiger partial charge on any atom is 0.255 e. The summed E-state index contributed by atoms with van der Waals surface area (Å²) in [6.07, 6.45) is 5.38. The molecule has 2 aromatic rings. The fraction of sp³-hybridized carbons (Fsp3) is 0.444. The summed E-state index contributed by atoms with van der Waals surface area (Å²) in [6, 6.07) is 6.23. The molecule has 1 amide bonds. The number of carbonyl (C=O) groups excluding carboxylic acids is 1. The van der Waals surface area contributed by atoms with Crippen molar-refractivity contribution < 1.29 is 9.18 Å². The van der Waals surface area contributed by atoms with Gasteiger partial charge in [0.2, 0.25) is 0 Å². The summed E-state index contributed by atoms with van der Waals surface area (Å²) in [5.74, 6) is -0.0484. The standard InChI is InChI=1S/C18H23FN4O.ClH/c1-2-17-15(18(24)22-16-5-3-4-12(16)10-20)11-21-23(17)14-8-6-13(19)7-9-14;/h6-9,11-12,16H,2-5,10,20H2,1H3,(H,22,24);1H. The minimum Gasteiger partial charge on any atom is -0.349 e. The van der Waals surface area contributed by atoms with Gasteiger partial charge in [0.1, 0.15) is 5.82 Å². The fourth-order valence-electron chi connectivity index (χ4n) is 3.46. The highest BCUT2D eigenvalue weighted by Gasteiger charge is 2.28. The second-order valence-electron chi connectivity index (χ2n) is 6.25. The minimum absolute atomic E-state index is 0. The average Bonchev–Trinajstić information content (AvgIpc) is 3.21. The molecule has 3 rings (SSSR count). The number of carbonyl (C=O) groups is 1. The molecular formula is C18H24ClFN4O. The van der Waals surface area contributed by atoms with Crippen LogP contribution in [0.5, 0.6) is 0 Å². The Labute approximate surface area is 153 Å². The number of aromatic nitrogens is 2. The van der Waals surface area contributed by atoms with Crippen molar-refractivity contribution in [3.8, 4) is 5.69 Å². The molecule has 0 radical (unpaired) electrons. The van der Waals surface area contributed by atoms with Crippen molar-refractivity contribution in [3.63, 3.8) is 0 Å². The zero-order valence-corrected chi connectivity index (χ0v) is 15.1. The van der Waals surface area contributed by atoms with Crippen LogP contribution in [-0.2, 0) is 6.42 Å². The van der Waals surface area contributed by atoms with E-state index in [1.165, 1.54) is 12.1 Å². The summed E-state index contributed by atoms with van der Waals surface area (Å²) in [5.41, 5.74) is 7.93. The topological polar surface area (TPSA) is 72.9 Å². The third kappa shape index (κ3) is 4.02. The highest BCUT2D eigenvalue weighted by Crippen LogP contribution is 2.25. The molecule has 0 spiro atoms. The second-order valence-corrected chi connectivity index (χ2v) is 6.25. The van der Waals surface area contributed by atoms with E-state index in [0.717, 1.165) is 30.6 Å². The summed E-state index contributed by atoms with van der Waals surface area (Å²) in [5, 5.41) is 7.44. The molecule has 0 bridgehead atoms. The van der Waals surface area contributed by atoms with Crippen LogP contribution >= 0.6 is 12.4 Å². The fourth-order valence-corrected chi connectivity index (χ4v) is 3.46. The summed E-state index contributed by atoms with van der Waals surface area (Å²) in [4.78, 5) is 12.7. The Morgan fingerprint density at radius 2 is 2.08 bits per heavy atom. The van der Waals surface area contributed by atoms with E-state index in [2.05, 4.69) is 10.4 Å². The van der Waals surface area contributed by atoms with E-state index in [4.69, 9.17) is 5.73 Å². The van der Waals surface area contributed by atoms with E-state index in [0.29, 0.717) is 24.4 Å². The zero-order chi connectivity index (χ0) is 17.1. The van der Waals surface area contributed by atoms with Crippen LogP contribution < -0.4 is 11.1 Å². The summed E-state index contributed by atoms with van der Waals surface area (Å²) in [7, 11) is 0. The van der Waals surface area contributed by atoms with Crippen LogP contribution in [-0.4, -0.2) is 28.3 Å². The summed E-state index contributed by atoms with van der Waals surface area (Å²) < 4.78 is 14.8. The van der Waals surface area contributed by atoms with Crippen LogP contribution in [0.1, 0.15) is 42.2 Å². The predicted molar refractivity (Wildman–Crippen MR) is 97.8 cm³/mol. The average molecular weight is 367 g/mol. The molecule has 5 nitrogen and oxygen atoms in total. The Morgan fingerprint density at radius 3 is 2.72 bits per heavy atom. The van der Waals surface area contributed by atoms with Crippen LogP contribution in [0.2, 0.25) is 0 Å². The number of halogens is 2. The van der Waals surface area contributed by atoms with E-state index in [1.807, 2.05) is 6.92 Å². The third-order valence-corrected chi connectivity index (χ3v) is 4.80. The number of nitrogens with two attached hydrogens (primary N) is 1. The first kappa shape index (κ1) is 19.4. The highest BCUT2D eigenvalue weighted by molar-refractivity contribution is 5.95. The lowest BCUT2D eigenvalue weighted by molar-refractivity contribution is 0.0928. The van der Waals surface area contributed by atoms with Gasteiger partial charge in [0.05, 0.1) is 23.1 Å². The summed E-state index contributed by atoms with van der Waals surface area (Å²) >= 11 is 0. The Balaban J connectivity index is 0.00000225. The number of hydrogen-bond acceptors (Lipinski definition) is 3. The molecule has 1 fully saturated rings. The molecule has 1 aliphatic carbocycles. The van der Waals surface area contributed by atoms with Gasteiger partial charge in [-0.2, -0.15) is 5.10 Å². The van der Waals surface area contributed by atoms with E-state index in [-0.39, 0.29) is 30.2 Å². The maximum absolute atomic E-state index is 13.1. The van der Waals surface area contributed by atoms with Crippen molar-refractivity contribution in [2.24, 2.45) is 11.7 Å². The molecule has 0 saturated heterocycles. The summed E-state index contributed by atoms with van der Waals surface area (Å²) in [6.45, 7) is 2.58. The van der Waals surface area contributed by atoms with E-state index >= 15 is 0 Å². The first-order valence-corrected chi connectivity index (χ1v) is 8.47. The van der Waals surface area contributed by atoms with E-state index in [9.17, 15) is 9.18 Å². The second kappa shape index (κ2) is 8.45. The van der Waals surface area contributed by atoms with Crippen molar-refractivity contribution in [2.45, 2.75) is 38.6 Å². The molecule has 7 heteroatoms. The molecule has 1 saturated carbocycles. The van der Waals surface area contributed by atoms with Crippen molar-refractivity contribution in [1.82, 2.24) is 15.1 Å². The molecule has 1 aromatic carbocycles. The Kier molecular flexibility index (Phi) is 6.56. The van der Waals surface area contributed by atoms with Gasteiger partial charge < -0.3 is 11.1 Å². The van der Waals surface area contributed by atoms with Gasteiger partial charge in [-0.3, -0.25) is 4.79 Å². The van der Waals surface area contributed by atoms with Crippen molar-refractivity contribution >= 4 is 18.3 Å². The van der Waals surface area contributed by atoms with Gasteiger partial charge in [0.25, 0.3) is 5.91 Å². The lowest BCUT2D eigenvalue weighted by Gasteiger charge is -2.19. The van der Waals surface area contributed by atoms with Crippen molar-refractivity contribution in [1.29, 1.82) is 0 Å². The molecule has 0 aliphatic heterocycles. The Bertz CT molecular complexity index is 716. The van der Waals surface area contributed by atoms with Gasteiger partial charge in [0.15, 0.2) is 0 Å². The molecule has 3 N–H and O–H groups in total. The Morgan fingerprint density at radius 1 is 1.36 bits per heavy atom. The molecule has 1 aromatic heterocycles. The smallest absolute Gasteiger partial charge is 0.255 e. The number of rotatable bonds is 5. The number of amides is 1. The molecule has 1 aliphatic rings. The normalized spacial score (nSPS) is 19.5. The number of benzene rings is 1. The van der Waals surface area contributed by atoms with Gasteiger partial charge in [-0.1, -0.05) is 13.3 Å². The van der Waals surface area contributed by atoms with Crippen molar-refractivity contribution in [2.75, 3.05) is 6.54 Å². The van der Waals surface area contributed by atoms with Gasteiger partial charge in [0, 0.05) is 6.04 Å². The van der Waals surface area contributed by atoms with Gasteiger partial charge in [-0.05, 0) is 56.0 Å². The maximum atomic E-state index is 13.1. The molecule has 1 heterocycles. The quantitative estimate of drug-likeness (QED) is 0.854. The SMILES string of the molecule is CCc1c(C(=O)NC2CCCC2CN)cnn1-c1ccc(F)cc1.Cl. The molecule has 25 heavy (non-hydrogen) atoms. The molecular weight excluding hydrogens is 343 g/mol. The lowest BCUT2D eigenvalue weighted by atomic mass is 10.0. The number of hydrogen-bond donors (Lipinski definition) is 2. The van der Waals surface area contributed by atoms with Crippen LogP contribution in [0, 0.1) is 11.7 Å². The van der Waals surface area contributed by atoms with Crippen LogP contribution in [0.25, 0.3) is 5.69 Å². The van der Waals surface area contributed by atoms with E-state index < -0.39 is 0 Å². The Hall–Kier alpha value is -1.92. The van der Waals surface area contributed by atoms with Gasteiger partial charge >= 0.3 is 0 Å². The van der Waals surface area contributed by atoms with Crippen LogP contribution in [0.15, 0.2) is 30.5 Å². The lowest BCUT2D eigenvalue weighted by Crippen LogP contribution is -2.40. The highest BCUT2D eigenvalue weighted by atomic mass is 35.5. The zero-order valence-electron chi connectivity index (χ0n) is 14.2. The first-order chi connectivity index (χ1) is 11.6. The molecule has 2 atom stereocenters. The van der Waals surface area contributed by atoms with E-state index in [1.54, 1.807) is 23.0 Å². The number of nitrogens with one attached hydrogen (secondary N) is 1. The molecule has 2 unspecified atom stereocenters. The number of nitrogens with zero attached hydrogens (tertiary/aromatic N) is 2. The predicted octanol–water partition coefficient (Wildman–Crippen LogP) is 2.85. The van der Waals surface area contributed by atoms with Crippen LogP contribution in [0.4, 0.5) is 4.39 Å². The molecule has 136 valence electrons.